The monoisotopic (exact) mass is 266 g/mol. The third-order valence-corrected chi connectivity index (χ3v) is 4.09. The Kier molecular flexibility index (Phi) is 5.54. The molecule has 3 radical (unpaired) electrons. The minimum absolute atomic E-state index is 0.511. The van der Waals surface area contributed by atoms with Gasteiger partial charge in [0.05, 0.1) is 21.0 Å². The summed E-state index contributed by atoms with van der Waals surface area (Å²) in [6.45, 7) is 10.8. The molecule has 0 N–H and O–H groups in total. The third-order valence-electron chi connectivity index (χ3n) is 3.35. The zero-order chi connectivity index (χ0) is 13.0. The molecule has 0 saturated carbocycles. The Balaban J connectivity index is 3.38. The van der Waals surface area contributed by atoms with Crippen molar-refractivity contribution in [3.05, 3.63) is 22.7 Å². The molecule has 17 heavy (non-hydrogen) atoms. The second-order valence-electron chi connectivity index (χ2n) is 4.34. The first-order chi connectivity index (χ1) is 8.06. The van der Waals surface area contributed by atoms with Gasteiger partial charge in [0.25, 0.3) is 0 Å². The fourth-order valence-corrected chi connectivity index (χ4v) is 2.88. The van der Waals surface area contributed by atoms with E-state index in [-0.39, 0.29) is 0 Å². The van der Waals surface area contributed by atoms with Crippen LogP contribution in [0.2, 0.25) is 5.02 Å². The lowest BCUT2D eigenvalue weighted by Gasteiger charge is -2.29. The van der Waals surface area contributed by atoms with Gasteiger partial charge >= 0.3 is 0 Å². The summed E-state index contributed by atoms with van der Waals surface area (Å²) in [6, 6.07) is 4.02. The number of hydrogen-bond acceptors (Lipinski definition) is 1. The molecule has 0 aliphatic heterocycles. The summed E-state index contributed by atoms with van der Waals surface area (Å²) in [5, 5.41) is 2.01. The average Bonchev–Trinajstić information content (AvgIpc) is 2.34. The van der Waals surface area contributed by atoms with E-state index in [9.17, 15) is 0 Å². The SMILES string of the molecule is CCC(C)c1c([Si])ccc(Cl)c1N(CC)CC. The van der Waals surface area contributed by atoms with Gasteiger partial charge in [-0.05, 0) is 37.8 Å². The molecule has 0 aliphatic rings. The molecule has 3 heteroatoms. The fourth-order valence-electron chi connectivity index (χ4n) is 2.15. The van der Waals surface area contributed by atoms with Crippen LogP contribution in [0.5, 0.6) is 0 Å². The van der Waals surface area contributed by atoms with Crippen LogP contribution in [0.15, 0.2) is 12.1 Å². The van der Waals surface area contributed by atoms with E-state index in [1.807, 2.05) is 12.1 Å². The Morgan fingerprint density at radius 1 is 1.24 bits per heavy atom. The molecule has 1 rings (SSSR count). The Morgan fingerprint density at radius 2 is 1.82 bits per heavy atom. The van der Waals surface area contributed by atoms with Crippen molar-refractivity contribution >= 4 is 32.7 Å². The maximum atomic E-state index is 6.39. The van der Waals surface area contributed by atoms with Crippen LogP contribution in [0, 0.1) is 0 Å². The second-order valence-corrected chi connectivity index (χ2v) is 5.28. The highest BCUT2D eigenvalue weighted by molar-refractivity contribution is 6.37. The van der Waals surface area contributed by atoms with Crippen LogP contribution in [0.25, 0.3) is 0 Å². The molecule has 0 heterocycles. The Labute approximate surface area is 114 Å². The lowest BCUT2D eigenvalue weighted by molar-refractivity contribution is 0.728. The van der Waals surface area contributed by atoms with Gasteiger partial charge in [-0.25, -0.2) is 0 Å². The number of halogens is 1. The van der Waals surface area contributed by atoms with Gasteiger partial charge in [-0.15, -0.1) is 0 Å². The maximum Gasteiger partial charge on any atom is 0.0716 e. The molecule has 1 aromatic rings. The van der Waals surface area contributed by atoms with E-state index in [1.54, 1.807) is 0 Å². The highest BCUT2D eigenvalue weighted by Crippen LogP contribution is 2.34. The van der Waals surface area contributed by atoms with Crippen LogP contribution >= 0.6 is 11.6 Å². The van der Waals surface area contributed by atoms with Gasteiger partial charge in [-0.2, -0.15) is 0 Å². The fraction of sp³-hybridized carbons (Fsp3) is 0.571. The second kappa shape index (κ2) is 6.46. The van der Waals surface area contributed by atoms with Gasteiger partial charge in [0.2, 0.25) is 0 Å². The van der Waals surface area contributed by atoms with Gasteiger partial charge in [0, 0.05) is 13.1 Å². The predicted octanol–water partition coefficient (Wildman–Crippen LogP) is 3.49. The van der Waals surface area contributed by atoms with Gasteiger partial charge in [0.1, 0.15) is 0 Å². The minimum atomic E-state index is 0.511. The standard InChI is InChI=1S/C14H21ClNSi/c1-5-10(4)13-12(17)9-8-11(15)14(13)16(6-2)7-3/h8-10H,5-7H2,1-4H3. The van der Waals surface area contributed by atoms with E-state index in [4.69, 9.17) is 11.6 Å². The van der Waals surface area contributed by atoms with Crippen LogP contribution in [-0.2, 0) is 0 Å². The predicted molar refractivity (Wildman–Crippen MR) is 79.1 cm³/mol. The summed E-state index contributed by atoms with van der Waals surface area (Å²) in [4.78, 5) is 2.33. The smallest absolute Gasteiger partial charge is 0.0716 e. The normalized spacial score (nSPS) is 12.6. The molecule has 1 unspecified atom stereocenters. The Morgan fingerprint density at radius 3 is 2.29 bits per heavy atom. The summed E-state index contributed by atoms with van der Waals surface area (Å²) in [7, 11) is 3.72. The zero-order valence-corrected chi connectivity index (χ0v) is 12.9. The molecule has 1 atom stereocenters. The number of anilines is 1. The first-order valence-electron chi connectivity index (χ1n) is 6.35. The molecule has 0 spiro atoms. The van der Waals surface area contributed by atoms with Crippen LogP contribution in [0.4, 0.5) is 5.69 Å². The highest BCUT2D eigenvalue weighted by Gasteiger charge is 2.18. The van der Waals surface area contributed by atoms with Gasteiger partial charge in [0.15, 0.2) is 0 Å². The topological polar surface area (TPSA) is 3.24 Å². The molecular weight excluding hydrogens is 246 g/mol. The molecular formula is C14H21ClNSi. The zero-order valence-electron chi connectivity index (χ0n) is 11.2. The Hall–Kier alpha value is -0.473. The maximum absolute atomic E-state index is 6.39. The van der Waals surface area contributed by atoms with Gasteiger partial charge in [-0.3, -0.25) is 0 Å². The van der Waals surface area contributed by atoms with E-state index >= 15 is 0 Å². The van der Waals surface area contributed by atoms with E-state index in [0.717, 1.165) is 29.7 Å². The van der Waals surface area contributed by atoms with E-state index in [2.05, 4.69) is 42.8 Å². The average molecular weight is 267 g/mol. The van der Waals surface area contributed by atoms with Gasteiger partial charge in [-0.1, -0.05) is 36.7 Å². The number of nitrogens with zero attached hydrogens (tertiary/aromatic N) is 1. The van der Waals surface area contributed by atoms with Crippen molar-refractivity contribution in [1.29, 1.82) is 0 Å². The summed E-state index contributed by atoms with van der Waals surface area (Å²) in [5.41, 5.74) is 2.53. The first kappa shape index (κ1) is 14.6. The Bertz CT molecular complexity index is 375. The van der Waals surface area contributed by atoms with Crippen molar-refractivity contribution < 1.29 is 0 Å². The van der Waals surface area contributed by atoms with E-state index < -0.39 is 0 Å². The van der Waals surface area contributed by atoms with Crippen molar-refractivity contribution in [3.8, 4) is 0 Å². The molecule has 1 nitrogen and oxygen atoms in total. The quantitative estimate of drug-likeness (QED) is 0.738. The first-order valence-corrected chi connectivity index (χ1v) is 7.23. The van der Waals surface area contributed by atoms with Crippen molar-refractivity contribution in [1.82, 2.24) is 0 Å². The molecule has 0 amide bonds. The molecule has 0 aliphatic carbocycles. The molecule has 0 fully saturated rings. The largest absolute Gasteiger partial charge is 0.371 e. The van der Waals surface area contributed by atoms with E-state index in [1.165, 1.54) is 11.3 Å². The molecule has 93 valence electrons. The van der Waals surface area contributed by atoms with Crippen molar-refractivity contribution in [2.45, 2.75) is 40.0 Å². The summed E-state index contributed by atoms with van der Waals surface area (Å²) < 4.78 is 0. The lowest BCUT2D eigenvalue weighted by Crippen LogP contribution is -2.27. The molecule has 0 saturated heterocycles. The lowest BCUT2D eigenvalue weighted by atomic mass is 9.96. The van der Waals surface area contributed by atoms with Crippen molar-refractivity contribution in [3.63, 3.8) is 0 Å². The third kappa shape index (κ3) is 3.05. The van der Waals surface area contributed by atoms with Crippen LogP contribution < -0.4 is 10.1 Å². The number of hydrogen-bond donors (Lipinski definition) is 0. The summed E-state index contributed by atoms with van der Waals surface area (Å²) in [5.74, 6) is 0.511. The van der Waals surface area contributed by atoms with Crippen LogP contribution in [0.3, 0.4) is 0 Å². The number of rotatable bonds is 5. The minimum Gasteiger partial charge on any atom is -0.371 e. The van der Waals surface area contributed by atoms with Crippen LogP contribution in [-0.4, -0.2) is 23.3 Å². The molecule has 0 aromatic heterocycles. The van der Waals surface area contributed by atoms with Gasteiger partial charge < -0.3 is 4.90 Å². The van der Waals surface area contributed by atoms with Crippen molar-refractivity contribution in [2.24, 2.45) is 0 Å². The summed E-state index contributed by atoms with van der Waals surface area (Å²) >= 11 is 6.39. The van der Waals surface area contributed by atoms with Crippen molar-refractivity contribution in [2.75, 3.05) is 18.0 Å². The van der Waals surface area contributed by atoms with Crippen LogP contribution in [0.1, 0.15) is 45.6 Å². The molecule has 0 bridgehead atoms. The highest BCUT2D eigenvalue weighted by atomic mass is 35.5. The van der Waals surface area contributed by atoms with E-state index in [0.29, 0.717) is 5.92 Å². The summed E-state index contributed by atoms with van der Waals surface area (Å²) in [6.07, 6.45) is 1.12. The molecule has 1 aromatic carbocycles. The number of benzene rings is 1.